The Morgan fingerprint density at radius 3 is 2.56 bits per heavy atom. The summed E-state index contributed by atoms with van der Waals surface area (Å²) in [5.41, 5.74) is 3.70. The van der Waals surface area contributed by atoms with E-state index < -0.39 is 0 Å². The highest BCUT2D eigenvalue weighted by molar-refractivity contribution is 9.10. The molecule has 0 aliphatic carbocycles. The average Bonchev–Trinajstić information content (AvgIpc) is 2.33. The van der Waals surface area contributed by atoms with Crippen molar-refractivity contribution in [3.05, 3.63) is 63.1 Å². The fourth-order valence-electron chi connectivity index (χ4n) is 1.94. The van der Waals surface area contributed by atoms with E-state index in [1.54, 1.807) is 0 Å². The molecule has 0 unspecified atom stereocenters. The fraction of sp³-hybridized carbons (Fsp3) is 0.200. The van der Waals surface area contributed by atoms with Gasteiger partial charge < -0.3 is 4.90 Å². The number of para-hydroxylation sites is 1. The van der Waals surface area contributed by atoms with Gasteiger partial charge in [0, 0.05) is 23.1 Å². The average molecular weight is 325 g/mol. The van der Waals surface area contributed by atoms with Crippen LogP contribution < -0.4 is 4.90 Å². The fourth-order valence-corrected chi connectivity index (χ4v) is 2.75. The normalized spacial score (nSPS) is 10.4. The van der Waals surface area contributed by atoms with E-state index in [2.05, 4.69) is 53.0 Å². The summed E-state index contributed by atoms with van der Waals surface area (Å²) in [5.74, 6) is 0. The van der Waals surface area contributed by atoms with Crippen LogP contribution in [0, 0.1) is 6.92 Å². The zero-order valence-electron chi connectivity index (χ0n) is 10.5. The number of rotatable bonds is 3. The number of benzene rings is 2. The van der Waals surface area contributed by atoms with Gasteiger partial charge in [-0.05, 0) is 58.2 Å². The lowest BCUT2D eigenvalue weighted by Crippen LogP contribution is -2.17. The van der Waals surface area contributed by atoms with Gasteiger partial charge in [0.05, 0.1) is 5.69 Å². The summed E-state index contributed by atoms with van der Waals surface area (Å²) in [6.45, 7) is 2.96. The molecule has 0 N–H and O–H groups in total. The van der Waals surface area contributed by atoms with Gasteiger partial charge in [0.15, 0.2) is 0 Å². The highest BCUT2D eigenvalue weighted by Crippen LogP contribution is 2.26. The monoisotopic (exact) mass is 323 g/mol. The van der Waals surface area contributed by atoms with Crippen LogP contribution in [0.25, 0.3) is 0 Å². The van der Waals surface area contributed by atoms with E-state index in [1.807, 2.05) is 24.3 Å². The van der Waals surface area contributed by atoms with Crippen molar-refractivity contribution in [2.75, 3.05) is 11.9 Å². The first-order chi connectivity index (χ1) is 8.58. The van der Waals surface area contributed by atoms with Crippen molar-refractivity contribution in [2.45, 2.75) is 13.5 Å². The molecule has 0 amide bonds. The SMILES string of the molecule is Cc1cc(Cl)ccc1CN(C)c1ccccc1Br. The molecule has 0 radical (unpaired) electrons. The van der Waals surface area contributed by atoms with Gasteiger partial charge in [-0.25, -0.2) is 0 Å². The van der Waals surface area contributed by atoms with Crippen LogP contribution in [-0.4, -0.2) is 7.05 Å². The van der Waals surface area contributed by atoms with Crippen LogP contribution >= 0.6 is 27.5 Å². The second kappa shape index (κ2) is 5.77. The third-order valence-electron chi connectivity index (χ3n) is 2.98. The Labute approximate surface area is 122 Å². The molecule has 18 heavy (non-hydrogen) atoms. The molecular formula is C15H15BrClN. The molecule has 2 aromatic rings. The van der Waals surface area contributed by atoms with Crippen LogP contribution in [0.4, 0.5) is 5.69 Å². The van der Waals surface area contributed by atoms with Gasteiger partial charge >= 0.3 is 0 Å². The Bertz CT molecular complexity index is 554. The number of aryl methyl sites for hydroxylation is 1. The molecule has 3 heteroatoms. The zero-order valence-corrected chi connectivity index (χ0v) is 12.8. The van der Waals surface area contributed by atoms with Crippen LogP contribution in [0.3, 0.4) is 0 Å². The van der Waals surface area contributed by atoms with Crippen molar-refractivity contribution in [2.24, 2.45) is 0 Å². The Balaban J connectivity index is 2.21. The van der Waals surface area contributed by atoms with E-state index in [4.69, 9.17) is 11.6 Å². The Hall–Kier alpha value is -0.990. The molecule has 0 aliphatic rings. The van der Waals surface area contributed by atoms with Crippen LogP contribution in [0.1, 0.15) is 11.1 Å². The topological polar surface area (TPSA) is 3.24 Å². The number of hydrogen-bond acceptors (Lipinski definition) is 1. The summed E-state index contributed by atoms with van der Waals surface area (Å²) in [6.07, 6.45) is 0. The zero-order chi connectivity index (χ0) is 13.1. The summed E-state index contributed by atoms with van der Waals surface area (Å²) in [7, 11) is 2.09. The van der Waals surface area contributed by atoms with E-state index in [0.717, 1.165) is 16.0 Å². The standard InChI is InChI=1S/C15H15BrClN/c1-11-9-13(17)8-7-12(11)10-18(2)15-6-4-3-5-14(15)16/h3-9H,10H2,1-2H3. The second-order valence-electron chi connectivity index (χ2n) is 4.38. The number of halogens is 2. The van der Waals surface area contributed by atoms with Gasteiger partial charge in [0.25, 0.3) is 0 Å². The first-order valence-electron chi connectivity index (χ1n) is 5.78. The minimum atomic E-state index is 0.791. The first kappa shape index (κ1) is 13.4. The maximum atomic E-state index is 5.97. The molecule has 0 spiro atoms. The van der Waals surface area contributed by atoms with Crippen LogP contribution in [-0.2, 0) is 6.54 Å². The van der Waals surface area contributed by atoms with Gasteiger partial charge in [-0.1, -0.05) is 29.8 Å². The molecular weight excluding hydrogens is 310 g/mol. The van der Waals surface area contributed by atoms with Crippen molar-refractivity contribution in [3.8, 4) is 0 Å². The molecule has 0 bridgehead atoms. The molecule has 2 rings (SSSR count). The van der Waals surface area contributed by atoms with Crippen LogP contribution in [0.15, 0.2) is 46.9 Å². The summed E-state index contributed by atoms with van der Waals surface area (Å²) < 4.78 is 1.11. The lowest BCUT2D eigenvalue weighted by Gasteiger charge is -2.21. The van der Waals surface area contributed by atoms with Gasteiger partial charge in [-0.2, -0.15) is 0 Å². The molecule has 0 atom stereocenters. The second-order valence-corrected chi connectivity index (χ2v) is 5.67. The molecule has 0 saturated heterocycles. The smallest absolute Gasteiger partial charge is 0.0511 e. The summed E-state index contributed by atoms with van der Waals surface area (Å²) in [5, 5.41) is 0.791. The van der Waals surface area contributed by atoms with Crippen LogP contribution in [0.5, 0.6) is 0 Å². The Kier molecular flexibility index (Phi) is 4.31. The maximum absolute atomic E-state index is 5.97. The van der Waals surface area contributed by atoms with Gasteiger partial charge in [-0.3, -0.25) is 0 Å². The minimum Gasteiger partial charge on any atom is -0.369 e. The van der Waals surface area contributed by atoms with E-state index in [1.165, 1.54) is 16.8 Å². The van der Waals surface area contributed by atoms with Gasteiger partial charge in [0.2, 0.25) is 0 Å². The number of anilines is 1. The number of nitrogens with zero attached hydrogens (tertiary/aromatic N) is 1. The molecule has 1 nitrogen and oxygen atoms in total. The van der Waals surface area contributed by atoms with E-state index in [9.17, 15) is 0 Å². The third kappa shape index (κ3) is 3.06. The van der Waals surface area contributed by atoms with Crippen molar-refractivity contribution in [1.29, 1.82) is 0 Å². The predicted octanol–water partition coefficient (Wildman–Crippen LogP) is 5.05. The van der Waals surface area contributed by atoms with Crippen molar-refractivity contribution < 1.29 is 0 Å². The maximum Gasteiger partial charge on any atom is 0.0511 e. The highest BCUT2D eigenvalue weighted by atomic mass is 79.9. The van der Waals surface area contributed by atoms with E-state index in [-0.39, 0.29) is 0 Å². The molecule has 94 valence electrons. The molecule has 0 aromatic heterocycles. The Morgan fingerprint density at radius 2 is 1.89 bits per heavy atom. The summed E-state index contributed by atoms with van der Waals surface area (Å²) in [6, 6.07) is 14.3. The Morgan fingerprint density at radius 1 is 1.17 bits per heavy atom. The van der Waals surface area contributed by atoms with Crippen molar-refractivity contribution >= 4 is 33.2 Å². The van der Waals surface area contributed by atoms with Crippen LogP contribution in [0.2, 0.25) is 5.02 Å². The number of hydrogen-bond donors (Lipinski definition) is 0. The minimum absolute atomic E-state index is 0.791. The summed E-state index contributed by atoms with van der Waals surface area (Å²) >= 11 is 9.55. The van der Waals surface area contributed by atoms with Gasteiger partial charge in [-0.15, -0.1) is 0 Å². The lowest BCUT2D eigenvalue weighted by molar-refractivity contribution is 0.911. The van der Waals surface area contributed by atoms with Crippen molar-refractivity contribution in [3.63, 3.8) is 0 Å². The van der Waals surface area contributed by atoms with Gasteiger partial charge in [0.1, 0.15) is 0 Å². The highest BCUT2D eigenvalue weighted by Gasteiger charge is 2.07. The molecule has 0 saturated carbocycles. The van der Waals surface area contributed by atoms with E-state index >= 15 is 0 Å². The van der Waals surface area contributed by atoms with E-state index in [0.29, 0.717) is 0 Å². The quantitative estimate of drug-likeness (QED) is 0.764. The molecule has 0 aliphatic heterocycles. The largest absolute Gasteiger partial charge is 0.369 e. The molecule has 0 fully saturated rings. The lowest BCUT2D eigenvalue weighted by atomic mass is 10.1. The van der Waals surface area contributed by atoms with Crippen molar-refractivity contribution in [1.82, 2.24) is 0 Å². The predicted molar refractivity (Wildman–Crippen MR) is 82.4 cm³/mol. The third-order valence-corrected chi connectivity index (χ3v) is 3.88. The molecule has 2 aromatic carbocycles. The first-order valence-corrected chi connectivity index (χ1v) is 6.95. The summed E-state index contributed by atoms with van der Waals surface area (Å²) in [4.78, 5) is 2.22. The molecule has 0 heterocycles.